The third-order valence-electron chi connectivity index (χ3n) is 3.92. The maximum atomic E-state index is 12.3. The second-order valence-corrected chi connectivity index (χ2v) is 6.59. The highest BCUT2D eigenvalue weighted by atomic mass is 32.2. The van der Waals surface area contributed by atoms with Crippen molar-refractivity contribution in [3.8, 4) is 5.69 Å². The van der Waals surface area contributed by atoms with E-state index in [2.05, 4.69) is 41.6 Å². The fourth-order valence-electron chi connectivity index (χ4n) is 2.59. The Morgan fingerprint density at radius 2 is 2.09 bits per heavy atom. The van der Waals surface area contributed by atoms with Gasteiger partial charge in [0.25, 0.3) is 0 Å². The number of imidazole rings is 1. The van der Waals surface area contributed by atoms with E-state index in [1.54, 1.807) is 6.20 Å². The van der Waals surface area contributed by atoms with Crippen LogP contribution in [-0.2, 0) is 9.53 Å². The Labute approximate surface area is 140 Å². The highest BCUT2D eigenvalue weighted by Crippen LogP contribution is 2.24. The number of rotatable bonds is 4. The van der Waals surface area contributed by atoms with Crippen molar-refractivity contribution in [2.45, 2.75) is 19.0 Å². The minimum atomic E-state index is 0.147. The third kappa shape index (κ3) is 3.76. The molecule has 1 amide bonds. The average molecular weight is 331 g/mol. The summed E-state index contributed by atoms with van der Waals surface area (Å²) in [5, 5.41) is 0.848. The van der Waals surface area contributed by atoms with Crippen LogP contribution < -0.4 is 0 Å². The van der Waals surface area contributed by atoms with Crippen molar-refractivity contribution < 1.29 is 9.53 Å². The van der Waals surface area contributed by atoms with E-state index in [0.29, 0.717) is 32.1 Å². The largest absolute Gasteiger partial charge is 0.378 e. The maximum Gasteiger partial charge on any atom is 0.233 e. The highest BCUT2D eigenvalue weighted by molar-refractivity contribution is 7.99. The number of thioether (sulfide) groups is 1. The number of aromatic nitrogens is 2. The second-order valence-electron chi connectivity index (χ2n) is 5.65. The maximum absolute atomic E-state index is 12.3. The van der Waals surface area contributed by atoms with E-state index < -0.39 is 0 Å². The minimum absolute atomic E-state index is 0.147. The van der Waals surface area contributed by atoms with Crippen molar-refractivity contribution in [3.05, 3.63) is 41.7 Å². The van der Waals surface area contributed by atoms with Gasteiger partial charge in [-0.05, 0) is 31.0 Å². The smallest absolute Gasteiger partial charge is 0.233 e. The number of hydrogen-bond acceptors (Lipinski definition) is 4. The first-order chi connectivity index (χ1) is 11.1. The second kappa shape index (κ2) is 7.19. The normalized spacial score (nSPS) is 15.0. The molecule has 1 aliphatic rings. The summed E-state index contributed by atoms with van der Waals surface area (Å²) >= 11 is 1.48. The Hall–Kier alpha value is -1.79. The van der Waals surface area contributed by atoms with Crippen molar-refractivity contribution in [3.63, 3.8) is 0 Å². The molecule has 0 bridgehead atoms. The number of amides is 1. The Morgan fingerprint density at radius 3 is 2.87 bits per heavy atom. The number of ether oxygens (including phenoxy) is 1. The molecule has 0 unspecified atom stereocenters. The molecule has 2 heterocycles. The van der Waals surface area contributed by atoms with E-state index in [-0.39, 0.29) is 5.91 Å². The van der Waals surface area contributed by atoms with Crippen LogP contribution in [0.25, 0.3) is 5.69 Å². The molecule has 3 rings (SSSR count). The van der Waals surface area contributed by atoms with Crippen molar-refractivity contribution >= 4 is 17.7 Å². The lowest BCUT2D eigenvalue weighted by Crippen LogP contribution is -2.41. The lowest BCUT2D eigenvalue weighted by atomic mass is 10.1. The van der Waals surface area contributed by atoms with E-state index in [4.69, 9.17) is 4.74 Å². The highest BCUT2D eigenvalue weighted by Gasteiger charge is 2.18. The number of carbonyl (C=O) groups is 1. The molecule has 0 N–H and O–H groups in total. The molecule has 0 radical (unpaired) electrons. The summed E-state index contributed by atoms with van der Waals surface area (Å²) in [6.45, 7) is 6.80. The van der Waals surface area contributed by atoms with E-state index in [1.807, 2.05) is 11.1 Å². The van der Waals surface area contributed by atoms with Crippen molar-refractivity contribution in [2.24, 2.45) is 0 Å². The molecule has 0 spiro atoms. The zero-order chi connectivity index (χ0) is 16.2. The summed E-state index contributed by atoms with van der Waals surface area (Å²) in [6.07, 6.45) is 3.73. The number of morpholine rings is 1. The van der Waals surface area contributed by atoms with Gasteiger partial charge in [0, 0.05) is 25.5 Å². The van der Waals surface area contributed by atoms with E-state index >= 15 is 0 Å². The molecule has 0 saturated carbocycles. The molecule has 2 aromatic rings. The van der Waals surface area contributed by atoms with Crippen molar-refractivity contribution in [1.29, 1.82) is 0 Å². The Morgan fingerprint density at radius 1 is 1.30 bits per heavy atom. The van der Waals surface area contributed by atoms with Gasteiger partial charge in [0.2, 0.25) is 5.91 Å². The Kier molecular flexibility index (Phi) is 5.03. The van der Waals surface area contributed by atoms with Crippen LogP contribution in [-0.4, -0.2) is 52.4 Å². The minimum Gasteiger partial charge on any atom is -0.378 e. The van der Waals surface area contributed by atoms with Gasteiger partial charge in [-0.2, -0.15) is 0 Å². The predicted octanol–water partition coefficient (Wildman–Crippen LogP) is 2.44. The van der Waals surface area contributed by atoms with Crippen LogP contribution in [0.2, 0.25) is 0 Å². The van der Waals surface area contributed by atoms with Crippen LogP contribution >= 0.6 is 11.8 Å². The van der Waals surface area contributed by atoms with Gasteiger partial charge in [-0.1, -0.05) is 23.9 Å². The van der Waals surface area contributed by atoms with Crippen LogP contribution in [0.4, 0.5) is 0 Å². The Bertz CT molecular complexity index is 693. The van der Waals surface area contributed by atoms with Gasteiger partial charge in [-0.15, -0.1) is 0 Å². The van der Waals surface area contributed by atoms with Gasteiger partial charge in [0.15, 0.2) is 5.16 Å². The van der Waals surface area contributed by atoms with E-state index in [9.17, 15) is 4.79 Å². The summed E-state index contributed by atoms with van der Waals surface area (Å²) < 4.78 is 7.34. The zero-order valence-corrected chi connectivity index (χ0v) is 14.3. The molecule has 1 fully saturated rings. The molecule has 6 heteroatoms. The first kappa shape index (κ1) is 16.1. The molecular weight excluding hydrogens is 310 g/mol. The van der Waals surface area contributed by atoms with Gasteiger partial charge in [-0.3, -0.25) is 9.36 Å². The summed E-state index contributed by atoms with van der Waals surface area (Å²) in [4.78, 5) is 18.5. The first-order valence-electron chi connectivity index (χ1n) is 7.74. The van der Waals surface area contributed by atoms with Crippen LogP contribution in [0.15, 0.2) is 35.7 Å². The van der Waals surface area contributed by atoms with Crippen molar-refractivity contribution in [1.82, 2.24) is 14.5 Å². The van der Waals surface area contributed by atoms with Crippen LogP contribution in [0.1, 0.15) is 11.1 Å². The lowest BCUT2D eigenvalue weighted by Gasteiger charge is -2.26. The number of benzene rings is 1. The standard InChI is InChI=1S/C17H21N3O2S/c1-13-3-4-14(2)15(11-13)20-6-5-18-17(20)23-12-16(21)19-7-9-22-10-8-19/h3-6,11H,7-10,12H2,1-2H3. The SMILES string of the molecule is Cc1ccc(C)c(-n2ccnc2SCC(=O)N2CCOCC2)c1. The first-order valence-corrected chi connectivity index (χ1v) is 8.73. The number of carbonyl (C=O) groups excluding carboxylic acids is 1. The molecule has 122 valence electrons. The fourth-order valence-corrected chi connectivity index (χ4v) is 3.46. The zero-order valence-electron chi connectivity index (χ0n) is 13.5. The molecule has 1 aromatic heterocycles. The molecule has 23 heavy (non-hydrogen) atoms. The number of hydrogen-bond donors (Lipinski definition) is 0. The topological polar surface area (TPSA) is 47.4 Å². The molecule has 5 nitrogen and oxygen atoms in total. The number of nitrogens with zero attached hydrogens (tertiary/aromatic N) is 3. The third-order valence-corrected chi connectivity index (χ3v) is 4.87. The summed E-state index contributed by atoms with van der Waals surface area (Å²) in [5.74, 6) is 0.552. The molecule has 0 atom stereocenters. The van der Waals surface area contributed by atoms with Gasteiger partial charge < -0.3 is 9.64 Å². The summed E-state index contributed by atoms with van der Waals surface area (Å²) in [6, 6.07) is 6.35. The fraction of sp³-hybridized carbons (Fsp3) is 0.412. The lowest BCUT2D eigenvalue weighted by molar-refractivity contribution is -0.132. The van der Waals surface area contributed by atoms with Gasteiger partial charge in [0.05, 0.1) is 24.7 Å². The molecule has 0 aliphatic carbocycles. The summed E-state index contributed by atoms with van der Waals surface area (Å²) in [5.41, 5.74) is 3.51. The molecule has 1 aromatic carbocycles. The molecule has 1 saturated heterocycles. The van der Waals surface area contributed by atoms with Crippen LogP contribution in [0, 0.1) is 13.8 Å². The van der Waals surface area contributed by atoms with Gasteiger partial charge in [0.1, 0.15) is 0 Å². The number of aryl methyl sites for hydroxylation is 2. The van der Waals surface area contributed by atoms with Gasteiger partial charge >= 0.3 is 0 Å². The van der Waals surface area contributed by atoms with E-state index in [1.165, 1.54) is 22.9 Å². The van der Waals surface area contributed by atoms with Crippen LogP contribution in [0.3, 0.4) is 0 Å². The average Bonchev–Trinajstić information content (AvgIpc) is 3.04. The monoisotopic (exact) mass is 331 g/mol. The predicted molar refractivity (Wildman–Crippen MR) is 91.2 cm³/mol. The summed E-state index contributed by atoms with van der Waals surface area (Å²) in [7, 11) is 0. The van der Waals surface area contributed by atoms with Crippen LogP contribution in [0.5, 0.6) is 0 Å². The molecule has 1 aliphatic heterocycles. The van der Waals surface area contributed by atoms with Gasteiger partial charge in [-0.25, -0.2) is 4.98 Å². The quantitative estimate of drug-likeness (QED) is 0.808. The van der Waals surface area contributed by atoms with E-state index in [0.717, 1.165) is 10.8 Å². The Balaban J connectivity index is 1.71. The van der Waals surface area contributed by atoms with Crippen molar-refractivity contribution in [2.75, 3.05) is 32.1 Å². The molecular formula is C17H21N3O2S.